The van der Waals surface area contributed by atoms with Crippen LogP contribution in [-0.4, -0.2) is 43.6 Å². The number of amides is 1. The monoisotopic (exact) mass is 544 g/mol. The average molecular weight is 544 g/mol. The Bertz CT molecular complexity index is 1010. The lowest BCUT2D eigenvalue weighted by Crippen LogP contribution is -2.48. The van der Waals surface area contributed by atoms with Crippen LogP contribution in [0, 0.1) is 3.57 Å². The summed E-state index contributed by atoms with van der Waals surface area (Å²) in [5.41, 5.74) is -0.965. The third-order valence-corrected chi connectivity index (χ3v) is 6.82. The van der Waals surface area contributed by atoms with Crippen molar-refractivity contribution in [2.75, 3.05) is 37.7 Å². The van der Waals surface area contributed by atoms with Gasteiger partial charge in [0.05, 0.1) is 17.9 Å². The Morgan fingerprint density at radius 3 is 2.58 bits per heavy atom. The summed E-state index contributed by atoms with van der Waals surface area (Å²) in [5.74, 6) is -0.436. The van der Waals surface area contributed by atoms with Crippen LogP contribution in [-0.2, 0) is 27.7 Å². The fourth-order valence-corrected chi connectivity index (χ4v) is 5.27. The first-order chi connectivity index (χ1) is 14.7. The fourth-order valence-electron chi connectivity index (χ4n) is 4.67. The SMILES string of the molecule is CCN(CC)CCN1C(=O)C2(OCCc3ccccc32)c2c1cc(I)cc2C(F)(F)F. The van der Waals surface area contributed by atoms with Gasteiger partial charge in [-0.05, 0) is 59.8 Å². The number of carbonyl (C=O) groups is 1. The molecule has 1 unspecified atom stereocenters. The third-order valence-electron chi connectivity index (χ3n) is 6.20. The number of ether oxygens (including phenoxy) is 1. The molecule has 0 aliphatic carbocycles. The van der Waals surface area contributed by atoms with Crippen molar-refractivity contribution in [3.05, 3.63) is 62.2 Å². The van der Waals surface area contributed by atoms with Crippen molar-refractivity contribution in [1.29, 1.82) is 0 Å². The van der Waals surface area contributed by atoms with E-state index in [0.717, 1.165) is 24.7 Å². The Hall–Kier alpha value is -1.65. The molecule has 8 heteroatoms. The van der Waals surface area contributed by atoms with Gasteiger partial charge in [-0.15, -0.1) is 0 Å². The fraction of sp³-hybridized carbons (Fsp3) is 0.435. The number of likely N-dealkylation sites (N-methyl/N-ethyl adjacent to an activating group) is 1. The second-order valence-electron chi connectivity index (χ2n) is 7.77. The molecular formula is C23H24F3IN2O2. The zero-order valence-corrected chi connectivity index (χ0v) is 19.6. The highest BCUT2D eigenvalue weighted by Crippen LogP contribution is 2.54. The van der Waals surface area contributed by atoms with E-state index < -0.39 is 23.2 Å². The number of alkyl halides is 3. The minimum absolute atomic E-state index is 0.0721. The summed E-state index contributed by atoms with van der Waals surface area (Å²) in [6, 6.07) is 9.96. The van der Waals surface area contributed by atoms with E-state index in [0.29, 0.717) is 34.3 Å². The molecule has 0 fully saturated rings. The molecule has 0 N–H and O–H groups in total. The van der Waals surface area contributed by atoms with Gasteiger partial charge in [-0.2, -0.15) is 13.2 Å². The van der Waals surface area contributed by atoms with E-state index in [1.807, 2.05) is 48.6 Å². The number of halogens is 4. The molecule has 0 radical (unpaired) electrons. The molecule has 1 atom stereocenters. The van der Waals surface area contributed by atoms with Gasteiger partial charge in [-0.3, -0.25) is 4.79 Å². The number of fused-ring (bicyclic) bond motifs is 4. The molecule has 0 aromatic heterocycles. The Morgan fingerprint density at radius 1 is 1.19 bits per heavy atom. The largest absolute Gasteiger partial charge is 0.416 e. The van der Waals surface area contributed by atoms with Crippen LogP contribution in [0.1, 0.15) is 36.1 Å². The summed E-state index contributed by atoms with van der Waals surface area (Å²) in [6.45, 7) is 6.72. The van der Waals surface area contributed by atoms with Gasteiger partial charge < -0.3 is 14.5 Å². The zero-order chi connectivity index (χ0) is 22.4. The number of nitrogens with zero attached hydrogens (tertiary/aromatic N) is 2. The van der Waals surface area contributed by atoms with Gasteiger partial charge in [0.2, 0.25) is 0 Å². The molecule has 0 bridgehead atoms. The Kier molecular flexibility index (Phi) is 6.08. The summed E-state index contributed by atoms with van der Waals surface area (Å²) in [6.07, 6.45) is -4.05. The van der Waals surface area contributed by atoms with E-state index in [1.54, 1.807) is 18.2 Å². The second-order valence-corrected chi connectivity index (χ2v) is 9.01. The number of hydrogen-bond acceptors (Lipinski definition) is 3. The Morgan fingerprint density at radius 2 is 1.90 bits per heavy atom. The molecule has 4 rings (SSSR count). The molecule has 2 aromatic carbocycles. The quantitative estimate of drug-likeness (QED) is 0.507. The highest BCUT2D eigenvalue weighted by atomic mass is 127. The number of rotatable bonds is 5. The highest BCUT2D eigenvalue weighted by molar-refractivity contribution is 14.1. The van der Waals surface area contributed by atoms with Crippen LogP contribution >= 0.6 is 22.6 Å². The predicted octanol–water partition coefficient (Wildman–Crippen LogP) is 4.81. The van der Waals surface area contributed by atoms with Gasteiger partial charge in [-0.25, -0.2) is 0 Å². The van der Waals surface area contributed by atoms with Crippen molar-refractivity contribution in [1.82, 2.24) is 4.90 Å². The van der Waals surface area contributed by atoms with Gasteiger partial charge in [0.1, 0.15) is 0 Å². The van der Waals surface area contributed by atoms with Crippen LogP contribution in [0.5, 0.6) is 0 Å². The lowest BCUT2D eigenvalue weighted by atomic mass is 9.79. The maximum Gasteiger partial charge on any atom is 0.416 e. The van der Waals surface area contributed by atoms with E-state index in [1.165, 1.54) is 4.90 Å². The zero-order valence-electron chi connectivity index (χ0n) is 17.4. The van der Waals surface area contributed by atoms with E-state index in [4.69, 9.17) is 4.74 Å². The molecular weight excluding hydrogens is 520 g/mol. The summed E-state index contributed by atoms with van der Waals surface area (Å²) < 4.78 is 49.1. The third kappa shape index (κ3) is 3.66. The predicted molar refractivity (Wildman–Crippen MR) is 121 cm³/mol. The lowest BCUT2D eigenvalue weighted by Gasteiger charge is -2.36. The minimum atomic E-state index is -4.61. The first-order valence-electron chi connectivity index (χ1n) is 10.4. The van der Waals surface area contributed by atoms with Crippen LogP contribution in [0.15, 0.2) is 36.4 Å². The maximum absolute atomic E-state index is 14.2. The average Bonchev–Trinajstić information content (AvgIpc) is 2.96. The first kappa shape index (κ1) is 22.5. The van der Waals surface area contributed by atoms with Crippen molar-refractivity contribution in [3.63, 3.8) is 0 Å². The van der Waals surface area contributed by atoms with Gasteiger partial charge in [0.15, 0.2) is 5.60 Å². The molecule has 0 saturated heterocycles. The van der Waals surface area contributed by atoms with Crippen molar-refractivity contribution in [3.8, 4) is 0 Å². The molecule has 1 spiro atoms. The van der Waals surface area contributed by atoms with Crippen molar-refractivity contribution in [2.45, 2.75) is 32.0 Å². The summed E-state index contributed by atoms with van der Waals surface area (Å²) in [5, 5.41) is 0. The van der Waals surface area contributed by atoms with E-state index >= 15 is 0 Å². The molecule has 1 amide bonds. The second kappa shape index (κ2) is 8.37. The minimum Gasteiger partial charge on any atom is -0.355 e. The Balaban J connectivity index is 1.95. The van der Waals surface area contributed by atoms with Crippen molar-refractivity contribution in [2.24, 2.45) is 0 Å². The normalized spacial score (nSPS) is 20.5. The van der Waals surface area contributed by atoms with Crippen LogP contribution < -0.4 is 4.90 Å². The number of hydrogen-bond donors (Lipinski definition) is 0. The van der Waals surface area contributed by atoms with Crippen LogP contribution in [0.3, 0.4) is 0 Å². The topological polar surface area (TPSA) is 32.8 Å². The molecule has 4 nitrogen and oxygen atoms in total. The van der Waals surface area contributed by atoms with E-state index in [9.17, 15) is 18.0 Å². The lowest BCUT2D eigenvalue weighted by molar-refractivity contribution is -0.146. The van der Waals surface area contributed by atoms with E-state index in [2.05, 4.69) is 4.90 Å². The summed E-state index contributed by atoms with van der Waals surface area (Å²) in [7, 11) is 0. The van der Waals surface area contributed by atoms with Crippen LogP contribution in [0.25, 0.3) is 0 Å². The molecule has 2 aliphatic rings. The highest BCUT2D eigenvalue weighted by Gasteiger charge is 2.59. The molecule has 166 valence electrons. The van der Waals surface area contributed by atoms with Gasteiger partial charge in [0.25, 0.3) is 5.91 Å². The molecule has 2 aliphatic heterocycles. The van der Waals surface area contributed by atoms with Gasteiger partial charge in [-0.1, -0.05) is 38.1 Å². The van der Waals surface area contributed by atoms with Crippen LogP contribution in [0.4, 0.5) is 18.9 Å². The Labute approximate surface area is 193 Å². The maximum atomic E-state index is 14.2. The number of benzene rings is 2. The number of anilines is 1. The number of carbonyl (C=O) groups excluding carboxylic acids is 1. The summed E-state index contributed by atoms with van der Waals surface area (Å²) >= 11 is 1.88. The van der Waals surface area contributed by atoms with Crippen molar-refractivity contribution < 1.29 is 22.7 Å². The molecule has 0 saturated carbocycles. The standard InChI is InChI=1S/C23H24F3IN2O2/c1-3-28(4-2)10-11-29-19-14-16(27)13-18(23(24,25)26)20(19)22(21(29)30)17-8-6-5-7-15(17)9-12-31-22/h5-8,13-14H,3-4,9-12H2,1-2H3. The van der Waals surface area contributed by atoms with Gasteiger partial charge >= 0.3 is 6.18 Å². The summed E-state index contributed by atoms with van der Waals surface area (Å²) in [4.78, 5) is 17.5. The van der Waals surface area contributed by atoms with Crippen LogP contribution in [0.2, 0.25) is 0 Å². The molecule has 31 heavy (non-hydrogen) atoms. The van der Waals surface area contributed by atoms with Gasteiger partial charge in [0, 0.05) is 27.8 Å². The first-order valence-corrected chi connectivity index (χ1v) is 11.5. The van der Waals surface area contributed by atoms with Crippen molar-refractivity contribution >= 4 is 34.2 Å². The molecule has 2 aromatic rings. The van der Waals surface area contributed by atoms with E-state index in [-0.39, 0.29) is 12.2 Å². The molecule has 2 heterocycles. The smallest absolute Gasteiger partial charge is 0.355 e.